The topological polar surface area (TPSA) is 79.5 Å². The molecule has 0 radical (unpaired) electrons. The molecule has 6 nitrogen and oxygen atoms in total. The van der Waals surface area contributed by atoms with E-state index in [1.165, 1.54) is 0 Å². The monoisotopic (exact) mass is 661 g/mol. The molecular formula is C20H14Br2IN3O3S. The Morgan fingerprint density at radius 3 is 2.57 bits per heavy atom. The third-order valence-corrected chi connectivity index (χ3v) is 6.36. The summed E-state index contributed by atoms with van der Waals surface area (Å²) in [5, 5.41) is 4.41. The van der Waals surface area contributed by atoms with Crippen LogP contribution in [-0.2, 0) is 4.79 Å². The lowest BCUT2D eigenvalue weighted by Crippen LogP contribution is -2.49. The van der Waals surface area contributed by atoms with Crippen LogP contribution in [0.3, 0.4) is 0 Å². The maximum atomic E-state index is 12.1. The quantitative estimate of drug-likeness (QED) is 0.215. The molecule has 3 rings (SSSR count). The molecular weight excluding hydrogens is 649 g/mol. The van der Waals surface area contributed by atoms with Crippen molar-refractivity contribution in [1.29, 1.82) is 0 Å². The zero-order valence-corrected chi connectivity index (χ0v) is 21.3. The Bertz CT molecular complexity index is 1140. The molecule has 0 aliphatic rings. The minimum Gasteiger partial charge on any atom is -0.483 e. The van der Waals surface area contributed by atoms with Gasteiger partial charge < -0.3 is 4.74 Å². The molecule has 0 aromatic heterocycles. The highest BCUT2D eigenvalue weighted by Gasteiger charge is 2.12. The van der Waals surface area contributed by atoms with Crippen LogP contribution in [0.1, 0.15) is 10.4 Å². The standard InChI is InChI=1S/C20H14Br2IN3O3S/c21-12-6-7-13-11(9-12)5-8-16(18(13)22)29-10-17(27)24-20(30)26-25-19(28)14-3-1-2-4-15(14)23/h1-9H,10H2,(H,25,28)(H2,24,26,27,30). The average Bonchev–Trinajstić information content (AvgIpc) is 2.71. The summed E-state index contributed by atoms with van der Waals surface area (Å²) < 4.78 is 8.13. The zero-order valence-electron chi connectivity index (χ0n) is 15.2. The lowest BCUT2D eigenvalue weighted by molar-refractivity contribution is -0.121. The van der Waals surface area contributed by atoms with Crippen molar-refractivity contribution >= 4 is 94.4 Å². The highest BCUT2D eigenvalue weighted by Crippen LogP contribution is 2.34. The Balaban J connectivity index is 1.51. The number of nitrogens with one attached hydrogen (secondary N) is 3. The van der Waals surface area contributed by atoms with E-state index in [0.717, 1.165) is 23.3 Å². The van der Waals surface area contributed by atoms with E-state index in [0.29, 0.717) is 11.3 Å². The van der Waals surface area contributed by atoms with Gasteiger partial charge in [-0.25, -0.2) is 0 Å². The van der Waals surface area contributed by atoms with E-state index in [2.05, 4.69) is 70.6 Å². The minimum absolute atomic E-state index is 0.0367. The van der Waals surface area contributed by atoms with Crippen molar-refractivity contribution in [3.8, 4) is 5.75 Å². The molecule has 0 aliphatic carbocycles. The molecule has 30 heavy (non-hydrogen) atoms. The van der Waals surface area contributed by atoms with Crippen LogP contribution in [0.25, 0.3) is 10.8 Å². The van der Waals surface area contributed by atoms with E-state index in [-0.39, 0.29) is 17.6 Å². The normalized spacial score (nSPS) is 10.4. The van der Waals surface area contributed by atoms with Crippen molar-refractivity contribution in [3.05, 3.63) is 72.7 Å². The first kappa shape index (κ1) is 22.9. The van der Waals surface area contributed by atoms with Crippen LogP contribution in [-0.4, -0.2) is 23.5 Å². The molecule has 3 aromatic carbocycles. The van der Waals surface area contributed by atoms with E-state index < -0.39 is 5.91 Å². The SMILES string of the molecule is O=C(COc1ccc2cc(Br)ccc2c1Br)NC(=S)NNC(=O)c1ccccc1I. The number of benzene rings is 3. The van der Waals surface area contributed by atoms with Gasteiger partial charge in [0.2, 0.25) is 0 Å². The van der Waals surface area contributed by atoms with Crippen LogP contribution >= 0.6 is 66.7 Å². The molecule has 3 aromatic rings. The van der Waals surface area contributed by atoms with E-state index in [9.17, 15) is 9.59 Å². The van der Waals surface area contributed by atoms with E-state index in [1.807, 2.05) is 36.4 Å². The van der Waals surface area contributed by atoms with Crippen LogP contribution in [0.5, 0.6) is 5.75 Å². The van der Waals surface area contributed by atoms with Gasteiger partial charge >= 0.3 is 0 Å². The summed E-state index contributed by atoms with van der Waals surface area (Å²) in [6.07, 6.45) is 0. The number of carbonyl (C=O) groups excluding carboxylic acids is 2. The van der Waals surface area contributed by atoms with Crippen molar-refractivity contribution in [2.75, 3.05) is 6.61 Å². The van der Waals surface area contributed by atoms with Gasteiger partial charge in [-0.05, 0) is 91.8 Å². The summed E-state index contributed by atoms with van der Waals surface area (Å²) in [7, 11) is 0. The summed E-state index contributed by atoms with van der Waals surface area (Å²) in [5.41, 5.74) is 5.45. The van der Waals surface area contributed by atoms with Gasteiger partial charge in [0.25, 0.3) is 11.8 Å². The van der Waals surface area contributed by atoms with Crippen molar-refractivity contribution < 1.29 is 14.3 Å². The zero-order chi connectivity index (χ0) is 21.7. The highest BCUT2D eigenvalue weighted by molar-refractivity contribution is 14.1. The lowest BCUT2D eigenvalue weighted by atomic mass is 10.1. The summed E-state index contributed by atoms with van der Waals surface area (Å²) >= 11 is 14.1. The molecule has 0 atom stereocenters. The molecule has 0 unspecified atom stereocenters. The van der Waals surface area contributed by atoms with Crippen LogP contribution < -0.4 is 20.9 Å². The van der Waals surface area contributed by atoms with E-state index in [4.69, 9.17) is 17.0 Å². The molecule has 0 bridgehead atoms. The largest absolute Gasteiger partial charge is 0.483 e. The molecule has 2 amide bonds. The minimum atomic E-state index is -0.459. The second-order valence-electron chi connectivity index (χ2n) is 5.97. The Morgan fingerprint density at radius 2 is 1.80 bits per heavy atom. The number of fused-ring (bicyclic) bond motifs is 1. The van der Waals surface area contributed by atoms with Gasteiger partial charge in [-0.2, -0.15) is 0 Å². The molecule has 0 aliphatic heterocycles. The van der Waals surface area contributed by atoms with Crippen LogP contribution in [0.4, 0.5) is 0 Å². The summed E-state index contributed by atoms with van der Waals surface area (Å²) in [4.78, 5) is 24.3. The molecule has 0 saturated carbocycles. The molecule has 0 saturated heterocycles. The van der Waals surface area contributed by atoms with Crippen molar-refractivity contribution in [1.82, 2.24) is 16.2 Å². The van der Waals surface area contributed by atoms with Crippen molar-refractivity contribution in [3.63, 3.8) is 0 Å². The predicted octanol–water partition coefficient (Wildman–Crippen LogP) is 4.68. The Morgan fingerprint density at radius 1 is 1.03 bits per heavy atom. The van der Waals surface area contributed by atoms with Gasteiger partial charge in [-0.3, -0.25) is 25.8 Å². The summed E-state index contributed by atoms with van der Waals surface area (Å²) in [6, 6.07) is 16.7. The first-order valence-electron chi connectivity index (χ1n) is 8.50. The highest BCUT2D eigenvalue weighted by atomic mass is 127. The van der Waals surface area contributed by atoms with Crippen molar-refractivity contribution in [2.24, 2.45) is 0 Å². The smallest absolute Gasteiger partial charge is 0.270 e. The Hall–Kier alpha value is -1.76. The number of hydrogen-bond donors (Lipinski definition) is 3. The number of rotatable bonds is 4. The number of hydrogen-bond acceptors (Lipinski definition) is 4. The number of carbonyl (C=O) groups is 2. The number of hydrazine groups is 1. The molecule has 3 N–H and O–H groups in total. The van der Waals surface area contributed by atoms with Gasteiger partial charge in [0.1, 0.15) is 5.75 Å². The van der Waals surface area contributed by atoms with E-state index >= 15 is 0 Å². The fourth-order valence-electron chi connectivity index (χ4n) is 2.52. The fourth-order valence-corrected chi connectivity index (χ4v) is 4.30. The maximum Gasteiger partial charge on any atom is 0.270 e. The molecule has 154 valence electrons. The molecule has 0 heterocycles. The van der Waals surface area contributed by atoms with Crippen molar-refractivity contribution in [2.45, 2.75) is 0 Å². The van der Waals surface area contributed by atoms with Gasteiger partial charge in [0, 0.05) is 8.04 Å². The predicted molar refractivity (Wildman–Crippen MR) is 135 cm³/mol. The number of ether oxygens (including phenoxy) is 1. The van der Waals surface area contributed by atoms with Gasteiger partial charge in [-0.1, -0.05) is 40.2 Å². The second-order valence-corrected chi connectivity index (χ2v) is 9.25. The van der Waals surface area contributed by atoms with Crippen LogP contribution in [0, 0.1) is 3.57 Å². The Kier molecular flexibility index (Phi) is 8.03. The summed E-state index contributed by atoms with van der Waals surface area (Å²) in [6.45, 7) is -0.243. The Labute approximate surface area is 208 Å². The van der Waals surface area contributed by atoms with Gasteiger partial charge in [0.15, 0.2) is 11.7 Å². The fraction of sp³-hybridized carbons (Fsp3) is 0.0500. The molecule has 0 fully saturated rings. The lowest BCUT2D eigenvalue weighted by Gasteiger charge is -2.13. The first-order valence-corrected chi connectivity index (χ1v) is 11.6. The maximum absolute atomic E-state index is 12.1. The number of halogens is 3. The van der Waals surface area contributed by atoms with Crippen LogP contribution in [0.15, 0.2) is 63.5 Å². The second kappa shape index (κ2) is 10.5. The molecule has 0 spiro atoms. The first-order chi connectivity index (χ1) is 14.3. The average molecular weight is 663 g/mol. The van der Waals surface area contributed by atoms with Crippen LogP contribution in [0.2, 0.25) is 0 Å². The molecule has 10 heteroatoms. The summed E-state index contributed by atoms with van der Waals surface area (Å²) in [5.74, 6) is -0.288. The number of thiocarbonyl (C=S) groups is 1. The third kappa shape index (κ3) is 5.90. The number of amides is 2. The van der Waals surface area contributed by atoms with Gasteiger partial charge in [0.05, 0.1) is 10.0 Å². The van der Waals surface area contributed by atoms with Gasteiger partial charge in [-0.15, -0.1) is 0 Å². The third-order valence-electron chi connectivity index (χ3n) is 3.90. The van der Waals surface area contributed by atoms with E-state index in [1.54, 1.807) is 18.2 Å².